The lowest BCUT2D eigenvalue weighted by atomic mass is 9.98. The van der Waals surface area contributed by atoms with E-state index in [4.69, 9.17) is 23.2 Å². The quantitative estimate of drug-likeness (QED) is 0.734. The molecule has 0 aliphatic carbocycles. The summed E-state index contributed by atoms with van der Waals surface area (Å²) < 4.78 is 0. The molecule has 1 amide bonds. The van der Waals surface area contributed by atoms with Gasteiger partial charge >= 0.3 is 0 Å². The maximum atomic E-state index is 12.2. The summed E-state index contributed by atoms with van der Waals surface area (Å²) in [6.45, 7) is 0.819. The van der Waals surface area contributed by atoms with Gasteiger partial charge in [-0.2, -0.15) is 0 Å². The summed E-state index contributed by atoms with van der Waals surface area (Å²) in [5.74, 6) is 0.0233. The summed E-state index contributed by atoms with van der Waals surface area (Å²) in [5, 5.41) is 7.48. The fraction of sp³-hybridized carbons (Fsp3) is 0.278. The van der Waals surface area contributed by atoms with Crippen molar-refractivity contribution in [1.82, 2.24) is 10.6 Å². The Labute approximate surface area is 147 Å². The van der Waals surface area contributed by atoms with Gasteiger partial charge in [0, 0.05) is 16.5 Å². The Bertz CT molecular complexity index is 581. The number of rotatable bonds is 7. The number of hydrogen-bond acceptors (Lipinski definition) is 2. The molecule has 0 unspecified atom stereocenters. The van der Waals surface area contributed by atoms with Crippen molar-refractivity contribution in [3.63, 3.8) is 0 Å². The SMILES string of the molecule is CNCCCC(=O)NC(c1ccc(Cl)cc1)c1ccc(Cl)cc1. The van der Waals surface area contributed by atoms with E-state index in [1.165, 1.54) is 0 Å². The second-order valence-electron chi connectivity index (χ2n) is 5.31. The van der Waals surface area contributed by atoms with Crippen LogP contribution in [-0.2, 0) is 4.79 Å². The average molecular weight is 351 g/mol. The standard InChI is InChI=1S/C18H20Cl2N2O/c1-21-12-2-3-17(23)22-18(13-4-8-15(19)9-5-13)14-6-10-16(20)11-7-14/h4-11,18,21H,2-3,12H2,1H3,(H,22,23). The van der Waals surface area contributed by atoms with E-state index >= 15 is 0 Å². The van der Waals surface area contributed by atoms with Crippen LogP contribution in [0, 0.1) is 0 Å². The van der Waals surface area contributed by atoms with Crippen LogP contribution < -0.4 is 10.6 Å². The lowest BCUT2D eigenvalue weighted by Crippen LogP contribution is -2.29. The molecular formula is C18H20Cl2N2O. The zero-order valence-electron chi connectivity index (χ0n) is 13.0. The molecule has 0 aliphatic heterocycles. The summed E-state index contributed by atoms with van der Waals surface area (Å²) in [4.78, 5) is 12.2. The molecule has 0 saturated heterocycles. The normalized spacial score (nSPS) is 10.8. The van der Waals surface area contributed by atoms with E-state index in [1.807, 2.05) is 55.6 Å². The molecule has 0 spiro atoms. The minimum absolute atomic E-state index is 0.0233. The molecular weight excluding hydrogens is 331 g/mol. The molecule has 2 aromatic carbocycles. The third-order valence-electron chi connectivity index (χ3n) is 3.54. The Morgan fingerprint density at radius 3 is 1.87 bits per heavy atom. The topological polar surface area (TPSA) is 41.1 Å². The summed E-state index contributed by atoms with van der Waals surface area (Å²) in [7, 11) is 1.88. The van der Waals surface area contributed by atoms with Crippen LogP contribution in [0.4, 0.5) is 0 Å². The van der Waals surface area contributed by atoms with Crippen molar-refractivity contribution in [3.8, 4) is 0 Å². The number of hydrogen-bond donors (Lipinski definition) is 2. The van der Waals surface area contributed by atoms with E-state index in [-0.39, 0.29) is 11.9 Å². The van der Waals surface area contributed by atoms with E-state index in [1.54, 1.807) is 0 Å². The molecule has 0 atom stereocenters. The first-order valence-electron chi connectivity index (χ1n) is 7.55. The van der Waals surface area contributed by atoms with Crippen molar-refractivity contribution in [2.75, 3.05) is 13.6 Å². The Morgan fingerprint density at radius 1 is 0.957 bits per heavy atom. The number of carbonyl (C=O) groups excluding carboxylic acids is 1. The molecule has 3 nitrogen and oxygen atoms in total. The molecule has 0 heterocycles. The van der Waals surface area contributed by atoms with Gasteiger partial charge < -0.3 is 10.6 Å². The zero-order chi connectivity index (χ0) is 16.7. The molecule has 0 saturated carbocycles. The Balaban J connectivity index is 2.19. The van der Waals surface area contributed by atoms with Crippen molar-refractivity contribution < 1.29 is 4.79 Å². The fourth-order valence-electron chi connectivity index (χ4n) is 2.33. The predicted molar refractivity (Wildman–Crippen MR) is 96.1 cm³/mol. The highest BCUT2D eigenvalue weighted by Gasteiger charge is 2.16. The Morgan fingerprint density at radius 2 is 1.43 bits per heavy atom. The zero-order valence-corrected chi connectivity index (χ0v) is 14.5. The smallest absolute Gasteiger partial charge is 0.220 e. The predicted octanol–water partition coefficient (Wildman–Crippen LogP) is 4.20. The molecule has 2 aromatic rings. The first-order valence-corrected chi connectivity index (χ1v) is 8.30. The van der Waals surface area contributed by atoms with E-state index in [0.29, 0.717) is 16.5 Å². The van der Waals surface area contributed by atoms with Crippen molar-refractivity contribution in [1.29, 1.82) is 0 Å². The van der Waals surface area contributed by atoms with Gasteiger partial charge in [0.25, 0.3) is 0 Å². The largest absolute Gasteiger partial charge is 0.345 e. The van der Waals surface area contributed by atoms with Crippen LogP contribution in [0.15, 0.2) is 48.5 Å². The first kappa shape index (κ1) is 17.8. The van der Waals surface area contributed by atoms with E-state index in [9.17, 15) is 4.79 Å². The summed E-state index contributed by atoms with van der Waals surface area (Å²) in [6, 6.07) is 14.8. The number of amides is 1. The van der Waals surface area contributed by atoms with Gasteiger partial charge in [-0.3, -0.25) is 4.79 Å². The summed E-state index contributed by atoms with van der Waals surface area (Å²) >= 11 is 11.9. The number of nitrogens with one attached hydrogen (secondary N) is 2. The molecule has 0 aromatic heterocycles. The molecule has 0 fully saturated rings. The van der Waals surface area contributed by atoms with Crippen LogP contribution >= 0.6 is 23.2 Å². The van der Waals surface area contributed by atoms with E-state index < -0.39 is 0 Å². The first-order chi connectivity index (χ1) is 11.1. The maximum Gasteiger partial charge on any atom is 0.220 e. The number of benzene rings is 2. The van der Waals surface area contributed by atoms with Crippen molar-refractivity contribution >= 4 is 29.1 Å². The van der Waals surface area contributed by atoms with Gasteiger partial charge in [-0.25, -0.2) is 0 Å². The van der Waals surface area contributed by atoms with Crippen molar-refractivity contribution in [2.24, 2.45) is 0 Å². The van der Waals surface area contributed by atoms with Crippen LogP contribution in [0.5, 0.6) is 0 Å². The second-order valence-corrected chi connectivity index (χ2v) is 6.18. The Hall–Kier alpha value is -1.55. The van der Waals surface area contributed by atoms with Gasteiger partial charge in [0.1, 0.15) is 0 Å². The van der Waals surface area contributed by atoms with Crippen LogP contribution in [-0.4, -0.2) is 19.5 Å². The maximum absolute atomic E-state index is 12.2. The molecule has 0 radical (unpaired) electrons. The van der Waals surface area contributed by atoms with Crippen molar-refractivity contribution in [3.05, 3.63) is 69.7 Å². The minimum Gasteiger partial charge on any atom is -0.345 e. The van der Waals surface area contributed by atoms with Gasteiger partial charge in [0.15, 0.2) is 0 Å². The monoisotopic (exact) mass is 350 g/mol. The van der Waals surface area contributed by atoms with Gasteiger partial charge in [-0.05, 0) is 55.4 Å². The number of carbonyl (C=O) groups is 1. The molecule has 2 N–H and O–H groups in total. The van der Waals surface area contributed by atoms with Crippen molar-refractivity contribution in [2.45, 2.75) is 18.9 Å². The van der Waals surface area contributed by atoms with Crippen LogP contribution in [0.2, 0.25) is 10.0 Å². The highest BCUT2D eigenvalue weighted by atomic mass is 35.5. The van der Waals surface area contributed by atoms with E-state index in [0.717, 1.165) is 24.1 Å². The van der Waals surface area contributed by atoms with Gasteiger partial charge in [0.2, 0.25) is 5.91 Å². The third kappa shape index (κ3) is 5.54. The summed E-state index contributed by atoms with van der Waals surface area (Å²) in [6.07, 6.45) is 1.29. The summed E-state index contributed by atoms with van der Waals surface area (Å²) in [5.41, 5.74) is 1.97. The van der Waals surface area contributed by atoms with Gasteiger partial charge in [0.05, 0.1) is 6.04 Å². The molecule has 122 valence electrons. The molecule has 0 bridgehead atoms. The molecule has 5 heteroatoms. The molecule has 2 rings (SSSR count). The third-order valence-corrected chi connectivity index (χ3v) is 4.05. The van der Waals surface area contributed by atoms with Gasteiger partial charge in [-0.15, -0.1) is 0 Å². The second kappa shape index (κ2) is 8.92. The lowest BCUT2D eigenvalue weighted by molar-refractivity contribution is -0.121. The van der Waals surface area contributed by atoms with Crippen LogP contribution in [0.25, 0.3) is 0 Å². The number of halogens is 2. The molecule has 0 aliphatic rings. The average Bonchev–Trinajstić information content (AvgIpc) is 2.55. The van der Waals surface area contributed by atoms with Gasteiger partial charge in [-0.1, -0.05) is 47.5 Å². The Kier molecular flexibility index (Phi) is 6.90. The molecule has 23 heavy (non-hydrogen) atoms. The fourth-order valence-corrected chi connectivity index (χ4v) is 2.58. The lowest BCUT2D eigenvalue weighted by Gasteiger charge is -2.20. The minimum atomic E-state index is -0.216. The highest BCUT2D eigenvalue weighted by molar-refractivity contribution is 6.30. The van der Waals surface area contributed by atoms with E-state index in [2.05, 4.69) is 10.6 Å². The highest BCUT2D eigenvalue weighted by Crippen LogP contribution is 2.25. The van der Waals surface area contributed by atoms with Crippen LogP contribution in [0.3, 0.4) is 0 Å². The van der Waals surface area contributed by atoms with Crippen LogP contribution in [0.1, 0.15) is 30.0 Å².